The zero-order valence-corrected chi connectivity index (χ0v) is 8.95. The molecule has 84 valence electrons. The number of benzene rings is 1. The van der Waals surface area contributed by atoms with Crippen molar-refractivity contribution in [1.29, 1.82) is 0 Å². The van der Waals surface area contributed by atoms with Crippen LogP contribution < -0.4 is 5.32 Å². The molecule has 0 radical (unpaired) electrons. The van der Waals surface area contributed by atoms with Gasteiger partial charge >= 0.3 is 0 Å². The molecule has 0 aliphatic rings. The molecule has 1 aromatic heterocycles. The fourth-order valence-electron chi connectivity index (χ4n) is 1.60. The van der Waals surface area contributed by atoms with Crippen LogP contribution in [0.2, 0.25) is 0 Å². The molecule has 5 heteroatoms. The number of hydrogen-bond acceptors (Lipinski definition) is 3. The summed E-state index contributed by atoms with van der Waals surface area (Å²) in [6.07, 6.45) is 0.583. The third-order valence-corrected chi connectivity index (χ3v) is 2.46. The fraction of sp³-hybridized carbons (Fsp3) is 0.273. The van der Waals surface area contributed by atoms with Crippen LogP contribution >= 0.6 is 0 Å². The number of fused-ring (bicyclic) bond motifs is 1. The van der Waals surface area contributed by atoms with Gasteiger partial charge in [0, 0.05) is 0 Å². The van der Waals surface area contributed by atoms with Crippen molar-refractivity contribution in [3.63, 3.8) is 0 Å². The van der Waals surface area contributed by atoms with Crippen LogP contribution in [0.5, 0.6) is 0 Å². The molecule has 0 aliphatic heterocycles. The van der Waals surface area contributed by atoms with Gasteiger partial charge in [-0.15, -0.1) is 0 Å². The molecule has 16 heavy (non-hydrogen) atoms. The maximum Gasteiger partial charge on any atom is 0.207 e. The third kappa shape index (κ3) is 1.54. The molecule has 0 fully saturated rings. The Labute approximate surface area is 91.4 Å². The molecule has 2 rings (SSSR count). The topological polar surface area (TPSA) is 55.1 Å². The van der Waals surface area contributed by atoms with Gasteiger partial charge in [-0.3, -0.25) is 4.79 Å². The van der Waals surface area contributed by atoms with Crippen molar-refractivity contribution in [3.05, 3.63) is 29.7 Å². The smallest absolute Gasteiger partial charge is 0.207 e. The molecule has 0 unspecified atom stereocenters. The van der Waals surface area contributed by atoms with Crippen LogP contribution in [-0.4, -0.2) is 11.6 Å². The summed E-state index contributed by atoms with van der Waals surface area (Å²) < 4.78 is 18.3. The van der Waals surface area contributed by atoms with Crippen LogP contribution in [0, 0.1) is 5.82 Å². The number of carbonyl (C=O) groups excluding carboxylic acids is 1. The largest absolute Gasteiger partial charge is 0.353 e. The highest BCUT2D eigenvalue weighted by molar-refractivity contribution is 5.81. The molecule has 1 amide bonds. The van der Waals surface area contributed by atoms with E-state index in [1.165, 1.54) is 6.07 Å². The van der Waals surface area contributed by atoms with E-state index in [1.807, 2.05) is 0 Å². The normalized spacial score (nSPS) is 11.7. The highest BCUT2D eigenvalue weighted by Crippen LogP contribution is 2.28. The van der Waals surface area contributed by atoms with E-state index in [2.05, 4.69) is 10.5 Å². The Bertz CT molecular complexity index is 534. The molecule has 4 nitrogen and oxygen atoms in total. The van der Waals surface area contributed by atoms with E-state index >= 15 is 0 Å². The van der Waals surface area contributed by atoms with E-state index < -0.39 is 11.4 Å². The van der Waals surface area contributed by atoms with E-state index in [9.17, 15) is 9.18 Å². The summed E-state index contributed by atoms with van der Waals surface area (Å²) in [4.78, 5) is 10.5. The van der Waals surface area contributed by atoms with Gasteiger partial charge in [0.1, 0.15) is 5.69 Å². The lowest BCUT2D eigenvalue weighted by Crippen LogP contribution is -2.35. The summed E-state index contributed by atoms with van der Waals surface area (Å²) >= 11 is 0. The van der Waals surface area contributed by atoms with Crippen molar-refractivity contribution < 1.29 is 13.7 Å². The first kappa shape index (κ1) is 10.6. The molecule has 0 atom stereocenters. The average Bonchev–Trinajstić information content (AvgIpc) is 2.63. The molecule has 0 saturated carbocycles. The number of amides is 1. The lowest BCUT2D eigenvalue weighted by molar-refractivity contribution is -0.111. The minimum Gasteiger partial charge on any atom is -0.353 e. The van der Waals surface area contributed by atoms with Gasteiger partial charge in [0.2, 0.25) is 12.0 Å². The molecule has 0 saturated heterocycles. The molecule has 0 spiro atoms. The Hall–Kier alpha value is -1.91. The third-order valence-electron chi connectivity index (χ3n) is 2.46. The van der Waals surface area contributed by atoms with Crippen LogP contribution in [0.4, 0.5) is 4.39 Å². The van der Waals surface area contributed by atoms with E-state index in [4.69, 9.17) is 4.52 Å². The maximum absolute atomic E-state index is 13.3. The summed E-state index contributed by atoms with van der Waals surface area (Å²) in [7, 11) is 0. The zero-order valence-electron chi connectivity index (χ0n) is 8.95. The van der Waals surface area contributed by atoms with E-state index in [-0.39, 0.29) is 5.58 Å². The maximum atomic E-state index is 13.3. The number of rotatable bonds is 3. The van der Waals surface area contributed by atoms with Gasteiger partial charge in [0.25, 0.3) is 0 Å². The summed E-state index contributed by atoms with van der Waals surface area (Å²) in [5.74, 6) is -0.460. The van der Waals surface area contributed by atoms with Gasteiger partial charge in [-0.1, -0.05) is 11.2 Å². The van der Waals surface area contributed by atoms with Crippen LogP contribution in [0.3, 0.4) is 0 Å². The average molecular weight is 222 g/mol. The van der Waals surface area contributed by atoms with Crippen LogP contribution in [-0.2, 0) is 10.3 Å². The fourth-order valence-corrected chi connectivity index (χ4v) is 1.60. The molecule has 1 N–H and O–H groups in total. The van der Waals surface area contributed by atoms with Crippen molar-refractivity contribution in [2.24, 2.45) is 0 Å². The Balaban J connectivity index is 2.62. The zero-order chi connectivity index (χ0) is 11.8. The SMILES string of the molecule is CC(C)(NC=O)c1noc2c(F)cccc12. The second-order valence-electron chi connectivity index (χ2n) is 4.03. The predicted molar refractivity (Wildman–Crippen MR) is 56.2 cm³/mol. The van der Waals surface area contributed by atoms with Gasteiger partial charge < -0.3 is 9.84 Å². The molecule has 0 aliphatic carbocycles. The Morgan fingerprint density at radius 2 is 2.25 bits per heavy atom. The highest BCUT2D eigenvalue weighted by atomic mass is 19.1. The number of hydrogen-bond donors (Lipinski definition) is 1. The molecular weight excluding hydrogens is 211 g/mol. The second kappa shape index (κ2) is 3.59. The van der Waals surface area contributed by atoms with Crippen LogP contribution in [0.15, 0.2) is 22.7 Å². The van der Waals surface area contributed by atoms with Gasteiger partial charge in [-0.25, -0.2) is 4.39 Å². The molecule has 1 aromatic carbocycles. The lowest BCUT2D eigenvalue weighted by atomic mass is 9.98. The number of carbonyl (C=O) groups is 1. The number of nitrogens with zero attached hydrogens (tertiary/aromatic N) is 1. The Morgan fingerprint density at radius 1 is 1.50 bits per heavy atom. The van der Waals surface area contributed by atoms with E-state index in [0.29, 0.717) is 17.5 Å². The lowest BCUT2D eigenvalue weighted by Gasteiger charge is -2.20. The minimum atomic E-state index is -0.694. The molecule has 0 bridgehead atoms. The van der Waals surface area contributed by atoms with Crippen molar-refractivity contribution in [3.8, 4) is 0 Å². The molecular formula is C11H11FN2O2. The molecule has 1 heterocycles. The van der Waals surface area contributed by atoms with Crippen molar-refractivity contribution in [1.82, 2.24) is 10.5 Å². The first-order chi connectivity index (χ1) is 7.56. The highest BCUT2D eigenvalue weighted by Gasteiger charge is 2.27. The van der Waals surface area contributed by atoms with Crippen LogP contribution in [0.1, 0.15) is 19.5 Å². The first-order valence-corrected chi connectivity index (χ1v) is 4.82. The molecule has 2 aromatic rings. The number of nitrogens with one attached hydrogen (secondary N) is 1. The van der Waals surface area contributed by atoms with Crippen molar-refractivity contribution in [2.45, 2.75) is 19.4 Å². The monoisotopic (exact) mass is 222 g/mol. The van der Waals surface area contributed by atoms with Gasteiger partial charge in [0.05, 0.1) is 10.9 Å². The quantitative estimate of drug-likeness (QED) is 0.807. The summed E-state index contributed by atoms with van der Waals surface area (Å²) in [6.45, 7) is 3.53. The van der Waals surface area contributed by atoms with Gasteiger partial charge in [-0.05, 0) is 26.0 Å². The minimum absolute atomic E-state index is 0.110. The van der Waals surface area contributed by atoms with Gasteiger partial charge in [-0.2, -0.15) is 0 Å². The number of para-hydroxylation sites is 1. The summed E-state index contributed by atoms with van der Waals surface area (Å²) in [5, 5.41) is 6.99. The van der Waals surface area contributed by atoms with Crippen molar-refractivity contribution in [2.75, 3.05) is 0 Å². The summed E-state index contributed by atoms with van der Waals surface area (Å²) in [5.41, 5.74) is -0.0757. The van der Waals surface area contributed by atoms with E-state index in [0.717, 1.165) is 0 Å². The van der Waals surface area contributed by atoms with Gasteiger partial charge in [0.15, 0.2) is 5.82 Å². The Morgan fingerprint density at radius 3 is 2.94 bits per heavy atom. The van der Waals surface area contributed by atoms with Crippen LogP contribution in [0.25, 0.3) is 11.0 Å². The first-order valence-electron chi connectivity index (χ1n) is 4.82. The second-order valence-corrected chi connectivity index (χ2v) is 4.03. The van der Waals surface area contributed by atoms with E-state index in [1.54, 1.807) is 26.0 Å². The Kier molecular flexibility index (Phi) is 2.38. The van der Waals surface area contributed by atoms with Crippen molar-refractivity contribution >= 4 is 17.4 Å². The predicted octanol–water partition coefficient (Wildman–Crippen LogP) is 1.95. The number of halogens is 1. The number of aromatic nitrogens is 1. The summed E-state index contributed by atoms with van der Waals surface area (Å²) in [6, 6.07) is 4.59. The standard InChI is InChI=1S/C11H11FN2O2/c1-11(2,13-6-15)10-7-4-3-5-8(12)9(7)16-14-10/h3-6H,1-2H3,(H,13,15).